The lowest BCUT2D eigenvalue weighted by molar-refractivity contribution is -0.161. The second kappa shape index (κ2) is 35.7. The molecule has 0 aliphatic carbocycles. The highest BCUT2D eigenvalue weighted by molar-refractivity contribution is 7.47. The van der Waals surface area contributed by atoms with Crippen molar-refractivity contribution in [2.75, 3.05) is 19.8 Å². The lowest BCUT2D eigenvalue weighted by Crippen LogP contribution is -2.34. The number of allylic oxidation sites excluding steroid dienone is 6. The zero-order valence-corrected chi connectivity index (χ0v) is 33.3. The Morgan fingerprint density at radius 2 is 1.04 bits per heavy atom. The maximum absolute atomic E-state index is 12.6. The van der Waals surface area contributed by atoms with Crippen molar-refractivity contribution >= 4 is 25.7 Å². The van der Waals surface area contributed by atoms with E-state index in [1.165, 1.54) is 51.4 Å². The minimum Gasteiger partial charge on any atom is -0.480 e. The molecule has 0 saturated carbocycles. The summed E-state index contributed by atoms with van der Waals surface area (Å²) in [6, 6.07) is -1.52. The molecule has 0 aliphatic heterocycles. The van der Waals surface area contributed by atoms with E-state index in [1.807, 2.05) is 0 Å². The van der Waals surface area contributed by atoms with Crippen LogP contribution in [0.3, 0.4) is 0 Å². The van der Waals surface area contributed by atoms with Gasteiger partial charge in [0.1, 0.15) is 12.6 Å². The number of hydrogen-bond acceptors (Lipinski definition) is 9. The highest BCUT2D eigenvalue weighted by atomic mass is 31.2. The first-order chi connectivity index (χ1) is 25.1. The molecular weight excluding hydrogens is 685 g/mol. The highest BCUT2D eigenvalue weighted by Gasteiger charge is 2.28. The number of phosphoric acid groups is 1. The van der Waals surface area contributed by atoms with Gasteiger partial charge in [-0.05, 0) is 64.2 Å². The molecule has 0 radical (unpaired) electrons. The molecule has 0 heterocycles. The van der Waals surface area contributed by atoms with E-state index in [4.69, 9.17) is 24.8 Å². The van der Waals surface area contributed by atoms with Gasteiger partial charge in [-0.15, -0.1) is 0 Å². The first kappa shape index (κ1) is 49.7. The third-order valence-corrected chi connectivity index (χ3v) is 9.31. The van der Waals surface area contributed by atoms with Crippen molar-refractivity contribution in [3.8, 4) is 0 Å². The first-order valence-electron chi connectivity index (χ1n) is 20.0. The average Bonchev–Trinajstić information content (AvgIpc) is 3.12. The third kappa shape index (κ3) is 34.8. The topological polar surface area (TPSA) is 172 Å². The minimum absolute atomic E-state index is 0.150. The van der Waals surface area contributed by atoms with Gasteiger partial charge in [0.2, 0.25) is 0 Å². The van der Waals surface area contributed by atoms with Crippen LogP contribution in [0.5, 0.6) is 0 Å². The molecule has 0 aromatic rings. The molecule has 0 rings (SSSR count). The molecule has 52 heavy (non-hydrogen) atoms. The molecule has 1 unspecified atom stereocenters. The van der Waals surface area contributed by atoms with Crippen LogP contribution in [0.1, 0.15) is 168 Å². The molecular formula is C40H72NO10P. The zero-order valence-electron chi connectivity index (χ0n) is 32.4. The number of carboxylic acids is 1. The van der Waals surface area contributed by atoms with E-state index in [9.17, 15) is 23.8 Å². The molecule has 0 saturated heterocycles. The van der Waals surface area contributed by atoms with E-state index < -0.39 is 51.1 Å². The number of rotatable bonds is 37. The Morgan fingerprint density at radius 3 is 1.58 bits per heavy atom. The van der Waals surface area contributed by atoms with Gasteiger partial charge in [-0.2, -0.15) is 0 Å². The molecule has 12 heteroatoms. The second-order valence-electron chi connectivity index (χ2n) is 13.4. The van der Waals surface area contributed by atoms with Crippen molar-refractivity contribution in [1.82, 2.24) is 0 Å². The van der Waals surface area contributed by atoms with Crippen LogP contribution in [0.25, 0.3) is 0 Å². The van der Waals surface area contributed by atoms with Crippen LogP contribution in [-0.4, -0.2) is 59.9 Å². The average molecular weight is 758 g/mol. The fourth-order valence-electron chi connectivity index (χ4n) is 5.13. The second-order valence-corrected chi connectivity index (χ2v) is 14.9. The van der Waals surface area contributed by atoms with E-state index in [-0.39, 0.29) is 19.4 Å². The van der Waals surface area contributed by atoms with Crippen molar-refractivity contribution < 1.29 is 47.5 Å². The van der Waals surface area contributed by atoms with Crippen LogP contribution >= 0.6 is 7.82 Å². The van der Waals surface area contributed by atoms with Gasteiger partial charge >= 0.3 is 25.7 Å². The quantitative estimate of drug-likeness (QED) is 0.0238. The lowest BCUT2D eigenvalue weighted by atomic mass is 10.1. The zero-order chi connectivity index (χ0) is 38.5. The van der Waals surface area contributed by atoms with Crippen LogP contribution in [0, 0.1) is 0 Å². The van der Waals surface area contributed by atoms with Crippen molar-refractivity contribution in [2.45, 2.75) is 180 Å². The predicted molar refractivity (Wildman–Crippen MR) is 208 cm³/mol. The van der Waals surface area contributed by atoms with E-state index >= 15 is 0 Å². The Labute approximate surface area is 314 Å². The first-order valence-corrected chi connectivity index (χ1v) is 21.5. The molecule has 11 nitrogen and oxygen atoms in total. The van der Waals surface area contributed by atoms with Gasteiger partial charge in [-0.3, -0.25) is 23.4 Å². The number of ether oxygens (including phenoxy) is 2. The Morgan fingerprint density at radius 1 is 0.596 bits per heavy atom. The predicted octanol–water partition coefficient (Wildman–Crippen LogP) is 10.1. The fourth-order valence-corrected chi connectivity index (χ4v) is 5.91. The van der Waals surface area contributed by atoms with E-state index in [2.05, 4.69) is 54.8 Å². The van der Waals surface area contributed by atoms with Crippen molar-refractivity contribution in [1.29, 1.82) is 0 Å². The molecule has 0 aromatic heterocycles. The van der Waals surface area contributed by atoms with Gasteiger partial charge < -0.3 is 25.2 Å². The van der Waals surface area contributed by atoms with Crippen LogP contribution in [0.2, 0.25) is 0 Å². The summed E-state index contributed by atoms with van der Waals surface area (Å²) in [5.74, 6) is -2.40. The number of phosphoric ester groups is 1. The largest absolute Gasteiger partial charge is 0.480 e. The summed E-state index contributed by atoms with van der Waals surface area (Å²) in [5, 5.41) is 8.86. The molecule has 3 atom stereocenters. The number of unbranched alkanes of at least 4 members (excludes halogenated alkanes) is 17. The maximum atomic E-state index is 12.6. The van der Waals surface area contributed by atoms with Gasteiger partial charge in [0.05, 0.1) is 13.2 Å². The summed E-state index contributed by atoms with van der Waals surface area (Å²) in [6.07, 6.45) is 36.4. The Balaban J connectivity index is 4.42. The van der Waals surface area contributed by atoms with Crippen LogP contribution < -0.4 is 5.73 Å². The normalized spacial score (nSPS) is 14.2. The lowest BCUT2D eigenvalue weighted by Gasteiger charge is -2.20. The maximum Gasteiger partial charge on any atom is 0.472 e. The van der Waals surface area contributed by atoms with Crippen molar-refractivity contribution in [3.63, 3.8) is 0 Å². The Bertz CT molecular complexity index is 1030. The van der Waals surface area contributed by atoms with E-state index in [0.717, 1.165) is 77.0 Å². The number of esters is 2. The minimum atomic E-state index is -4.71. The number of hydrogen-bond donors (Lipinski definition) is 3. The van der Waals surface area contributed by atoms with Gasteiger partial charge in [0, 0.05) is 12.8 Å². The number of aliphatic carboxylic acids is 1. The number of nitrogens with two attached hydrogens (primary N) is 1. The molecule has 0 spiro atoms. The molecule has 0 bridgehead atoms. The van der Waals surface area contributed by atoms with Crippen molar-refractivity contribution in [3.05, 3.63) is 36.5 Å². The summed E-state index contributed by atoms with van der Waals surface area (Å²) in [7, 11) is -4.71. The standard InChI is InChI=1S/C40H72NO10P/c1-3-5-7-9-11-13-15-16-17-18-19-20-22-24-26-28-30-32-39(43)51-36(34-49-52(46,47)50-35-37(41)40(44)45)33-48-38(42)31-29-27-25-23-21-14-12-10-8-6-4-2/h10-13,16-17,36-37H,3-9,14-15,18-35,41H2,1-2H3,(H,44,45)(H,46,47)/b12-10-,13-11-,17-16-/t36-,37+/m1/s1. The number of carboxylic acid groups (broad SMARTS) is 1. The Hall–Kier alpha value is -2.30. The molecule has 0 aliphatic rings. The summed E-state index contributed by atoms with van der Waals surface area (Å²) in [6.45, 7) is 2.70. The summed E-state index contributed by atoms with van der Waals surface area (Å²) < 4.78 is 32.6. The van der Waals surface area contributed by atoms with Crippen LogP contribution in [-0.2, 0) is 37.5 Å². The van der Waals surface area contributed by atoms with Crippen LogP contribution in [0.4, 0.5) is 0 Å². The van der Waals surface area contributed by atoms with Gasteiger partial charge in [0.15, 0.2) is 6.10 Å². The van der Waals surface area contributed by atoms with Gasteiger partial charge in [-0.1, -0.05) is 127 Å². The summed E-state index contributed by atoms with van der Waals surface area (Å²) in [5.41, 5.74) is 5.32. The molecule has 0 fully saturated rings. The smallest absolute Gasteiger partial charge is 0.472 e. The SMILES string of the molecule is CCCC/C=C\CCCCCCCC(=O)OC[C@H](COP(=O)(O)OC[C@H](N)C(=O)O)OC(=O)CCCCCCCCC/C=C\C/C=C\CCCCC. The fraction of sp³-hybridized carbons (Fsp3) is 0.775. The van der Waals surface area contributed by atoms with E-state index in [0.29, 0.717) is 12.8 Å². The summed E-state index contributed by atoms with van der Waals surface area (Å²) in [4.78, 5) is 45.8. The van der Waals surface area contributed by atoms with E-state index in [1.54, 1.807) is 0 Å². The summed E-state index contributed by atoms with van der Waals surface area (Å²) >= 11 is 0. The number of carbonyl (C=O) groups excluding carboxylic acids is 2. The number of carbonyl (C=O) groups is 3. The molecule has 4 N–H and O–H groups in total. The van der Waals surface area contributed by atoms with Gasteiger partial charge in [0.25, 0.3) is 0 Å². The molecule has 0 aromatic carbocycles. The Kier molecular flexibility index (Phi) is 34.1. The highest BCUT2D eigenvalue weighted by Crippen LogP contribution is 2.43. The molecule has 0 amide bonds. The van der Waals surface area contributed by atoms with Crippen LogP contribution in [0.15, 0.2) is 36.5 Å². The van der Waals surface area contributed by atoms with Gasteiger partial charge in [-0.25, -0.2) is 4.57 Å². The third-order valence-electron chi connectivity index (χ3n) is 8.36. The van der Waals surface area contributed by atoms with Crippen molar-refractivity contribution in [2.24, 2.45) is 5.73 Å². The molecule has 302 valence electrons. The monoisotopic (exact) mass is 757 g/mol.